The number of rotatable bonds is 4. The SMILES string of the molecule is Cc1cnc(C(C)NC(=O)CC2CNCCO2)s1.Cl.Cl. The molecule has 0 bridgehead atoms. The summed E-state index contributed by atoms with van der Waals surface area (Å²) >= 11 is 1.61. The molecule has 8 heteroatoms. The Morgan fingerprint density at radius 2 is 2.40 bits per heavy atom. The van der Waals surface area contributed by atoms with Crippen molar-refractivity contribution in [2.24, 2.45) is 0 Å². The van der Waals surface area contributed by atoms with Gasteiger partial charge in [0.1, 0.15) is 5.01 Å². The second-order valence-electron chi connectivity index (χ2n) is 4.50. The number of aromatic nitrogens is 1. The number of nitrogens with one attached hydrogen (secondary N) is 2. The van der Waals surface area contributed by atoms with Gasteiger partial charge in [0.25, 0.3) is 0 Å². The molecule has 0 aromatic carbocycles. The topological polar surface area (TPSA) is 63.2 Å². The first kappa shape index (κ1) is 19.6. The molecule has 5 nitrogen and oxygen atoms in total. The molecule has 116 valence electrons. The number of hydrogen-bond donors (Lipinski definition) is 2. The lowest BCUT2D eigenvalue weighted by molar-refractivity contribution is -0.125. The van der Waals surface area contributed by atoms with E-state index in [1.807, 2.05) is 20.0 Å². The van der Waals surface area contributed by atoms with Crippen molar-refractivity contribution in [3.63, 3.8) is 0 Å². The molecule has 2 N–H and O–H groups in total. The highest BCUT2D eigenvalue weighted by Gasteiger charge is 2.19. The van der Waals surface area contributed by atoms with Crippen molar-refractivity contribution in [2.75, 3.05) is 19.7 Å². The van der Waals surface area contributed by atoms with E-state index in [-0.39, 0.29) is 42.9 Å². The van der Waals surface area contributed by atoms with Gasteiger partial charge in [-0.15, -0.1) is 36.2 Å². The number of morpholine rings is 1. The minimum atomic E-state index is -0.0345. The normalized spacial score (nSPS) is 19.4. The van der Waals surface area contributed by atoms with E-state index in [1.54, 1.807) is 11.3 Å². The Bertz CT molecular complexity index is 411. The number of carbonyl (C=O) groups excluding carboxylic acids is 1. The summed E-state index contributed by atoms with van der Waals surface area (Å²) in [5.74, 6) is 0.0176. The van der Waals surface area contributed by atoms with E-state index in [2.05, 4.69) is 15.6 Å². The third kappa shape index (κ3) is 5.93. The Morgan fingerprint density at radius 3 is 2.95 bits per heavy atom. The fourth-order valence-corrected chi connectivity index (χ4v) is 2.67. The molecule has 0 aliphatic carbocycles. The summed E-state index contributed by atoms with van der Waals surface area (Å²) in [6, 6.07) is -0.0345. The summed E-state index contributed by atoms with van der Waals surface area (Å²) in [6.45, 7) is 6.26. The van der Waals surface area contributed by atoms with Crippen molar-refractivity contribution in [2.45, 2.75) is 32.4 Å². The van der Waals surface area contributed by atoms with Gasteiger partial charge in [0.15, 0.2) is 0 Å². The van der Waals surface area contributed by atoms with Gasteiger partial charge in [0, 0.05) is 24.2 Å². The average Bonchev–Trinajstić information content (AvgIpc) is 2.77. The molecule has 1 aliphatic heterocycles. The molecular formula is C12H21Cl2N3O2S. The van der Waals surface area contributed by atoms with Gasteiger partial charge in [-0.05, 0) is 13.8 Å². The van der Waals surface area contributed by atoms with E-state index in [1.165, 1.54) is 0 Å². The van der Waals surface area contributed by atoms with Crippen LogP contribution in [0.1, 0.15) is 29.3 Å². The highest BCUT2D eigenvalue weighted by Crippen LogP contribution is 2.19. The first-order valence-corrected chi connectivity index (χ1v) is 7.01. The van der Waals surface area contributed by atoms with Gasteiger partial charge < -0.3 is 15.4 Å². The van der Waals surface area contributed by atoms with Crippen LogP contribution in [0.2, 0.25) is 0 Å². The quantitative estimate of drug-likeness (QED) is 0.877. The lowest BCUT2D eigenvalue weighted by atomic mass is 10.2. The zero-order chi connectivity index (χ0) is 13.0. The van der Waals surface area contributed by atoms with Crippen LogP contribution >= 0.6 is 36.2 Å². The Balaban J connectivity index is 0.00000180. The van der Waals surface area contributed by atoms with Crippen molar-refractivity contribution < 1.29 is 9.53 Å². The number of hydrogen-bond acceptors (Lipinski definition) is 5. The van der Waals surface area contributed by atoms with Crippen molar-refractivity contribution in [3.05, 3.63) is 16.1 Å². The van der Waals surface area contributed by atoms with Crippen molar-refractivity contribution in [1.82, 2.24) is 15.6 Å². The minimum Gasteiger partial charge on any atom is -0.375 e. The molecule has 1 saturated heterocycles. The van der Waals surface area contributed by atoms with Crippen molar-refractivity contribution >= 4 is 42.1 Å². The van der Waals surface area contributed by atoms with Gasteiger partial charge in [0.2, 0.25) is 5.91 Å². The monoisotopic (exact) mass is 341 g/mol. The predicted molar refractivity (Wildman–Crippen MR) is 85.1 cm³/mol. The van der Waals surface area contributed by atoms with Gasteiger partial charge in [-0.2, -0.15) is 0 Å². The molecule has 2 rings (SSSR count). The molecule has 1 aliphatic rings. The van der Waals surface area contributed by atoms with Gasteiger partial charge >= 0.3 is 0 Å². The molecule has 0 spiro atoms. The first-order valence-electron chi connectivity index (χ1n) is 6.19. The summed E-state index contributed by atoms with van der Waals surface area (Å²) in [4.78, 5) is 17.3. The van der Waals surface area contributed by atoms with Crippen LogP contribution in [0.4, 0.5) is 0 Å². The molecule has 2 unspecified atom stereocenters. The number of amides is 1. The maximum atomic E-state index is 11.9. The largest absolute Gasteiger partial charge is 0.375 e. The number of halogens is 2. The minimum absolute atomic E-state index is 0. The molecule has 2 atom stereocenters. The Labute approximate surface area is 135 Å². The van der Waals surface area contributed by atoms with Crippen LogP contribution in [-0.4, -0.2) is 36.7 Å². The van der Waals surface area contributed by atoms with E-state index in [0.29, 0.717) is 13.0 Å². The Hall–Kier alpha value is -0.400. The fraction of sp³-hybridized carbons (Fsp3) is 0.667. The van der Waals surface area contributed by atoms with E-state index in [9.17, 15) is 4.79 Å². The highest BCUT2D eigenvalue weighted by atomic mass is 35.5. The van der Waals surface area contributed by atoms with Crippen LogP contribution in [-0.2, 0) is 9.53 Å². The molecule has 1 aromatic rings. The van der Waals surface area contributed by atoms with Crippen LogP contribution in [0.25, 0.3) is 0 Å². The van der Waals surface area contributed by atoms with E-state index in [0.717, 1.165) is 23.0 Å². The maximum Gasteiger partial charge on any atom is 0.223 e. The second-order valence-corrected chi connectivity index (χ2v) is 5.77. The molecule has 1 aromatic heterocycles. The van der Waals surface area contributed by atoms with Gasteiger partial charge in [0.05, 0.1) is 25.2 Å². The molecular weight excluding hydrogens is 321 g/mol. The highest BCUT2D eigenvalue weighted by molar-refractivity contribution is 7.11. The number of nitrogens with zero attached hydrogens (tertiary/aromatic N) is 1. The predicted octanol–water partition coefficient (Wildman–Crippen LogP) is 1.85. The van der Waals surface area contributed by atoms with Gasteiger partial charge in [-0.3, -0.25) is 4.79 Å². The van der Waals surface area contributed by atoms with Crippen molar-refractivity contribution in [3.8, 4) is 0 Å². The summed E-state index contributed by atoms with van der Waals surface area (Å²) < 4.78 is 5.50. The second kappa shape index (κ2) is 9.52. The molecule has 0 radical (unpaired) electrons. The van der Waals surface area contributed by atoms with E-state index >= 15 is 0 Å². The zero-order valence-corrected chi connectivity index (χ0v) is 14.0. The smallest absolute Gasteiger partial charge is 0.223 e. The van der Waals surface area contributed by atoms with Crippen LogP contribution in [0, 0.1) is 6.92 Å². The third-order valence-corrected chi connectivity index (χ3v) is 3.90. The first-order chi connectivity index (χ1) is 8.65. The molecule has 1 fully saturated rings. The van der Waals surface area contributed by atoms with E-state index < -0.39 is 0 Å². The molecule has 2 heterocycles. The zero-order valence-electron chi connectivity index (χ0n) is 11.5. The lowest BCUT2D eigenvalue weighted by Gasteiger charge is -2.23. The number of aryl methyl sites for hydroxylation is 1. The maximum absolute atomic E-state index is 11.9. The van der Waals surface area contributed by atoms with Crippen LogP contribution < -0.4 is 10.6 Å². The fourth-order valence-electron chi connectivity index (χ4n) is 1.89. The van der Waals surface area contributed by atoms with Gasteiger partial charge in [-0.25, -0.2) is 4.98 Å². The van der Waals surface area contributed by atoms with Gasteiger partial charge in [-0.1, -0.05) is 0 Å². The van der Waals surface area contributed by atoms with E-state index in [4.69, 9.17) is 4.74 Å². The summed E-state index contributed by atoms with van der Waals surface area (Å²) in [5, 5.41) is 7.12. The summed E-state index contributed by atoms with van der Waals surface area (Å²) in [7, 11) is 0. The molecule has 0 saturated carbocycles. The molecule has 20 heavy (non-hydrogen) atoms. The van der Waals surface area contributed by atoms with Crippen LogP contribution in [0.3, 0.4) is 0 Å². The average molecular weight is 342 g/mol. The summed E-state index contributed by atoms with van der Waals surface area (Å²) in [5.41, 5.74) is 0. The number of ether oxygens (including phenoxy) is 1. The summed E-state index contributed by atoms with van der Waals surface area (Å²) in [6.07, 6.45) is 2.22. The molecule has 1 amide bonds. The number of carbonyl (C=O) groups is 1. The Kier molecular flexibility index (Phi) is 9.33. The number of thiazole rings is 1. The van der Waals surface area contributed by atoms with Crippen molar-refractivity contribution in [1.29, 1.82) is 0 Å². The Morgan fingerprint density at radius 1 is 1.65 bits per heavy atom. The standard InChI is InChI=1S/C12H19N3O2S.2ClH/c1-8-6-14-12(18-8)9(2)15-11(16)5-10-7-13-3-4-17-10;;/h6,9-10,13H,3-5,7H2,1-2H3,(H,15,16);2*1H. The van der Waals surface area contributed by atoms with Crippen LogP contribution in [0.5, 0.6) is 0 Å². The third-order valence-electron chi connectivity index (χ3n) is 2.80. The lowest BCUT2D eigenvalue weighted by Crippen LogP contribution is -2.41. The van der Waals surface area contributed by atoms with Crippen LogP contribution in [0.15, 0.2) is 6.20 Å².